The molecule has 0 spiro atoms. The van der Waals surface area contributed by atoms with Crippen molar-refractivity contribution in [2.24, 2.45) is 0 Å². The van der Waals surface area contributed by atoms with E-state index in [1.54, 1.807) is 7.11 Å². The molecule has 1 amide bonds. The Hall–Kier alpha value is -2.02. The van der Waals surface area contributed by atoms with Crippen molar-refractivity contribution in [1.82, 2.24) is 20.1 Å². The molecule has 0 fully saturated rings. The molecule has 1 aromatic carbocycles. The predicted molar refractivity (Wildman–Crippen MR) is 86.0 cm³/mol. The molecule has 0 radical (unpaired) electrons. The largest absolute Gasteiger partial charge is 0.496 e. The van der Waals surface area contributed by atoms with Crippen LogP contribution in [-0.2, 0) is 17.9 Å². The molecular formula is C15H20N4O2S. The van der Waals surface area contributed by atoms with Crippen LogP contribution in [0.25, 0.3) is 0 Å². The van der Waals surface area contributed by atoms with Crippen molar-refractivity contribution < 1.29 is 9.53 Å². The van der Waals surface area contributed by atoms with Crippen LogP contribution in [0.1, 0.15) is 18.3 Å². The number of benzene rings is 1. The Morgan fingerprint density at radius 3 is 2.86 bits per heavy atom. The average Bonchev–Trinajstić information content (AvgIpc) is 2.91. The van der Waals surface area contributed by atoms with Crippen LogP contribution in [0, 0.1) is 6.92 Å². The Kier molecular flexibility index (Phi) is 5.83. The standard InChI is InChI=1S/C15H20N4O2S/c1-4-19-11(2)17-18-15(19)22-10-14(20)16-9-12-7-5-6-8-13(12)21-3/h5-8H,4,9-10H2,1-3H3,(H,16,20). The number of aromatic nitrogens is 3. The molecule has 0 aliphatic rings. The van der Waals surface area contributed by atoms with E-state index < -0.39 is 0 Å². The van der Waals surface area contributed by atoms with E-state index in [1.165, 1.54) is 11.8 Å². The first-order chi connectivity index (χ1) is 10.7. The number of carbonyl (C=O) groups excluding carboxylic acids is 1. The molecular weight excluding hydrogens is 300 g/mol. The van der Waals surface area contributed by atoms with Crippen LogP contribution in [-0.4, -0.2) is 33.5 Å². The van der Waals surface area contributed by atoms with Gasteiger partial charge in [-0.25, -0.2) is 0 Å². The van der Waals surface area contributed by atoms with E-state index in [0.29, 0.717) is 12.3 Å². The summed E-state index contributed by atoms with van der Waals surface area (Å²) in [6.07, 6.45) is 0. The maximum atomic E-state index is 12.0. The van der Waals surface area contributed by atoms with Crippen molar-refractivity contribution in [3.05, 3.63) is 35.7 Å². The van der Waals surface area contributed by atoms with Gasteiger partial charge >= 0.3 is 0 Å². The van der Waals surface area contributed by atoms with Crippen LogP contribution in [0.4, 0.5) is 0 Å². The van der Waals surface area contributed by atoms with E-state index in [-0.39, 0.29) is 5.91 Å². The number of nitrogens with one attached hydrogen (secondary N) is 1. The zero-order valence-corrected chi connectivity index (χ0v) is 13.8. The molecule has 6 nitrogen and oxygen atoms in total. The predicted octanol–water partition coefficient (Wildman–Crippen LogP) is 2.02. The summed E-state index contributed by atoms with van der Waals surface area (Å²) >= 11 is 1.39. The maximum absolute atomic E-state index is 12.0. The summed E-state index contributed by atoms with van der Waals surface area (Å²) in [5, 5.41) is 11.8. The van der Waals surface area contributed by atoms with Crippen molar-refractivity contribution in [3.63, 3.8) is 0 Å². The first-order valence-corrected chi connectivity index (χ1v) is 8.05. The van der Waals surface area contributed by atoms with Gasteiger partial charge in [-0.05, 0) is 19.9 Å². The van der Waals surface area contributed by atoms with Crippen LogP contribution in [0.2, 0.25) is 0 Å². The molecule has 0 unspecified atom stereocenters. The number of methoxy groups -OCH3 is 1. The van der Waals surface area contributed by atoms with Gasteiger partial charge in [0.15, 0.2) is 5.16 Å². The molecule has 2 aromatic rings. The number of ether oxygens (including phenoxy) is 1. The Balaban J connectivity index is 1.85. The van der Waals surface area contributed by atoms with Gasteiger partial charge in [-0.3, -0.25) is 4.79 Å². The van der Waals surface area contributed by atoms with Gasteiger partial charge in [-0.2, -0.15) is 0 Å². The molecule has 118 valence electrons. The Morgan fingerprint density at radius 2 is 2.14 bits per heavy atom. The van der Waals surface area contributed by atoms with Gasteiger partial charge in [0.2, 0.25) is 5.91 Å². The van der Waals surface area contributed by atoms with Gasteiger partial charge in [0.25, 0.3) is 0 Å². The second-order valence-corrected chi connectivity index (χ2v) is 5.59. The lowest BCUT2D eigenvalue weighted by Crippen LogP contribution is -2.25. The molecule has 0 saturated heterocycles. The van der Waals surface area contributed by atoms with E-state index in [9.17, 15) is 4.79 Å². The van der Waals surface area contributed by atoms with Gasteiger partial charge in [-0.15, -0.1) is 10.2 Å². The van der Waals surface area contributed by atoms with Gasteiger partial charge in [0.1, 0.15) is 11.6 Å². The van der Waals surface area contributed by atoms with Crippen LogP contribution in [0.5, 0.6) is 5.75 Å². The third-order valence-corrected chi connectivity index (χ3v) is 4.19. The molecule has 22 heavy (non-hydrogen) atoms. The first-order valence-electron chi connectivity index (χ1n) is 7.07. The summed E-state index contributed by atoms with van der Waals surface area (Å²) in [7, 11) is 1.62. The Morgan fingerprint density at radius 1 is 1.36 bits per heavy atom. The lowest BCUT2D eigenvalue weighted by Gasteiger charge is -2.09. The molecule has 0 aliphatic carbocycles. The first kappa shape index (κ1) is 16.4. The summed E-state index contributed by atoms with van der Waals surface area (Å²) < 4.78 is 7.25. The summed E-state index contributed by atoms with van der Waals surface area (Å²) in [4.78, 5) is 12.0. The minimum absolute atomic E-state index is 0.0424. The fraction of sp³-hybridized carbons (Fsp3) is 0.400. The smallest absolute Gasteiger partial charge is 0.230 e. The number of nitrogens with zero attached hydrogens (tertiary/aromatic N) is 3. The highest BCUT2D eigenvalue weighted by Crippen LogP contribution is 2.18. The lowest BCUT2D eigenvalue weighted by molar-refractivity contribution is -0.118. The minimum atomic E-state index is -0.0424. The van der Waals surface area contributed by atoms with E-state index in [1.807, 2.05) is 42.7 Å². The van der Waals surface area contributed by atoms with Gasteiger partial charge in [0, 0.05) is 18.7 Å². The normalized spacial score (nSPS) is 10.5. The summed E-state index contributed by atoms with van der Waals surface area (Å²) in [5.41, 5.74) is 0.955. The summed E-state index contributed by atoms with van der Waals surface area (Å²) in [5.74, 6) is 1.91. The molecule has 0 bridgehead atoms. The topological polar surface area (TPSA) is 69.0 Å². The molecule has 2 rings (SSSR count). The van der Waals surface area contributed by atoms with Crippen LogP contribution in [0.15, 0.2) is 29.4 Å². The van der Waals surface area contributed by atoms with E-state index in [0.717, 1.165) is 28.8 Å². The second-order valence-electron chi connectivity index (χ2n) is 4.65. The lowest BCUT2D eigenvalue weighted by atomic mass is 10.2. The summed E-state index contributed by atoms with van der Waals surface area (Å²) in [6, 6.07) is 7.64. The molecule has 0 aliphatic heterocycles. The van der Waals surface area contributed by atoms with Gasteiger partial charge < -0.3 is 14.6 Å². The third-order valence-electron chi connectivity index (χ3n) is 3.22. The summed E-state index contributed by atoms with van der Waals surface area (Å²) in [6.45, 7) is 5.18. The minimum Gasteiger partial charge on any atom is -0.496 e. The van der Waals surface area contributed by atoms with E-state index in [4.69, 9.17) is 4.74 Å². The van der Waals surface area contributed by atoms with Crippen LogP contribution >= 0.6 is 11.8 Å². The van der Waals surface area contributed by atoms with Crippen molar-refractivity contribution in [2.45, 2.75) is 32.1 Å². The fourth-order valence-electron chi connectivity index (χ4n) is 2.06. The molecule has 7 heteroatoms. The van der Waals surface area contributed by atoms with Crippen LogP contribution < -0.4 is 10.1 Å². The molecule has 0 saturated carbocycles. The quantitative estimate of drug-likeness (QED) is 0.791. The van der Waals surface area contributed by atoms with Crippen molar-refractivity contribution >= 4 is 17.7 Å². The van der Waals surface area contributed by atoms with Gasteiger partial charge in [-0.1, -0.05) is 30.0 Å². The molecule has 1 N–H and O–H groups in total. The number of para-hydroxylation sites is 1. The van der Waals surface area contributed by atoms with Crippen molar-refractivity contribution in [2.75, 3.05) is 12.9 Å². The Bertz CT molecular complexity index is 642. The molecule has 1 aromatic heterocycles. The maximum Gasteiger partial charge on any atom is 0.230 e. The zero-order valence-electron chi connectivity index (χ0n) is 13.0. The number of aryl methyl sites for hydroxylation is 1. The monoisotopic (exact) mass is 320 g/mol. The third kappa shape index (κ3) is 4.00. The fourth-order valence-corrected chi connectivity index (χ4v) is 2.93. The number of carbonyl (C=O) groups is 1. The number of rotatable bonds is 7. The highest BCUT2D eigenvalue weighted by molar-refractivity contribution is 7.99. The zero-order chi connectivity index (χ0) is 15.9. The van der Waals surface area contributed by atoms with E-state index >= 15 is 0 Å². The number of hydrogen-bond donors (Lipinski definition) is 1. The average molecular weight is 320 g/mol. The highest BCUT2D eigenvalue weighted by Gasteiger charge is 2.11. The van der Waals surface area contributed by atoms with Gasteiger partial charge in [0.05, 0.1) is 12.9 Å². The van der Waals surface area contributed by atoms with E-state index in [2.05, 4.69) is 15.5 Å². The molecule has 0 atom stereocenters. The second kappa shape index (κ2) is 7.84. The number of amides is 1. The highest BCUT2D eigenvalue weighted by atomic mass is 32.2. The number of hydrogen-bond acceptors (Lipinski definition) is 5. The Labute approximate surface area is 134 Å². The number of thioether (sulfide) groups is 1. The van der Waals surface area contributed by atoms with Crippen molar-refractivity contribution in [1.29, 1.82) is 0 Å². The SMILES string of the molecule is CCn1c(C)nnc1SCC(=O)NCc1ccccc1OC. The van der Waals surface area contributed by atoms with Crippen LogP contribution in [0.3, 0.4) is 0 Å². The van der Waals surface area contributed by atoms with Crippen molar-refractivity contribution in [3.8, 4) is 5.75 Å². The molecule has 1 heterocycles.